The average Bonchev–Trinajstić information content (AvgIpc) is 4.12. The number of aromatic amines is 3. The van der Waals surface area contributed by atoms with Gasteiger partial charge < -0.3 is 26.8 Å². The van der Waals surface area contributed by atoms with Crippen molar-refractivity contribution in [3.05, 3.63) is 162 Å². The Labute approximate surface area is 425 Å². The summed E-state index contributed by atoms with van der Waals surface area (Å²) in [5.41, 5.74) is 2.25. The van der Waals surface area contributed by atoms with Gasteiger partial charge in [0, 0.05) is 22.0 Å². The molecule has 4 aromatic heterocycles. The van der Waals surface area contributed by atoms with Gasteiger partial charge in [0.25, 0.3) is 17.6 Å². The Morgan fingerprint density at radius 2 is 0.863 bits per heavy atom. The molecule has 0 unspecified atom stereocenters. The molecular formula is C49H37Cl2N7O12S3. The number of halogens is 2. The van der Waals surface area contributed by atoms with Gasteiger partial charge in [-0.2, -0.15) is 25.3 Å². The summed E-state index contributed by atoms with van der Waals surface area (Å²) >= 11 is 11.7. The molecule has 0 spiro atoms. The first-order valence-electron chi connectivity index (χ1n) is 21.2. The number of ether oxygens (including phenoxy) is 3. The molecule has 0 radical (unpaired) electrons. The molecule has 0 atom stereocenters. The van der Waals surface area contributed by atoms with Crippen LogP contribution in [0.1, 0.15) is 0 Å². The number of aromatic nitrogens is 7. The molecule has 0 amide bonds. The van der Waals surface area contributed by atoms with Gasteiger partial charge in [0.2, 0.25) is 0 Å². The minimum Gasteiger partial charge on any atom is -0.497 e. The second-order valence-electron chi connectivity index (χ2n) is 15.3. The zero-order valence-electron chi connectivity index (χ0n) is 38.1. The molecule has 73 heavy (non-hydrogen) atoms. The Morgan fingerprint density at radius 1 is 0.425 bits per heavy atom. The fourth-order valence-corrected chi connectivity index (χ4v) is 11.1. The zero-order chi connectivity index (χ0) is 51.5. The molecule has 0 saturated carbocycles. The van der Waals surface area contributed by atoms with Crippen molar-refractivity contribution in [2.75, 3.05) is 21.3 Å². The van der Waals surface area contributed by atoms with Crippen molar-refractivity contribution in [1.82, 2.24) is 35.6 Å². The second kappa shape index (κ2) is 20.5. The molecule has 0 bridgehead atoms. The summed E-state index contributed by atoms with van der Waals surface area (Å²) in [5.74, 6) is 1.55. The molecule has 7 aromatic carbocycles. The Bertz CT molecular complexity index is 4010. The normalized spacial score (nSPS) is 11.7. The minimum atomic E-state index is -4.19. The quantitative estimate of drug-likeness (QED) is 0.0962. The number of methoxy groups -OCH3 is 3. The lowest BCUT2D eigenvalue weighted by atomic mass is 10.1. The van der Waals surface area contributed by atoms with Crippen LogP contribution in [0.4, 0.5) is 0 Å². The standard InChI is InChI=1S/C18H14N2O4S.C17H13N3O4S.C14H10Cl2N2O4S/c1-23-13-9-10-16-15(11-13)18(20-19-16)24-25(21,22)17-8-4-6-12-5-2-3-7-14(12)17;1-23-12-7-8-14-13(10-12)17(20-19-14)24-25(21,22)15-6-2-4-11-5-3-9-18-16(11)15;1-21-9-3-5-12-10(7-9)14(18-17-12)22-23(19,20)13-6-8(15)2-4-11(13)16/h2-11H,1H3,(H,19,20);2-10H,1H3,(H,19,20);2-7H,1H3,(H,17,18). The lowest BCUT2D eigenvalue weighted by Gasteiger charge is -2.08. The monoisotopic (exact) mass is 1080 g/mol. The van der Waals surface area contributed by atoms with E-state index in [1.165, 1.54) is 57.9 Å². The third-order valence-corrected chi connectivity index (χ3v) is 15.3. The molecule has 24 heteroatoms. The Morgan fingerprint density at radius 3 is 1.38 bits per heavy atom. The van der Waals surface area contributed by atoms with Gasteiger partial charge in [-0.25, -0.2) is 0 Å². The first-order chi connectivity index (χ1) is 35.1. The summed E-state index contributed by atoms with van der Waals surface area (Å²) in [6.45, 7) is 0. The number of nitrogens with one attached hydrogen (secondary N) is 3. The van der Waals surface area contributed by atoms with Crippen molar-refractivity contribution in [2.45, 2.75) is 14.7 Å². The lowest BCUT2D eigenvalue weighted by molar-refractivity contribution is 0.415. The minimum absolute atomic E-state index is 0.00632. The smallest absolute Gasteiger partial charge is 0.342 e. The first kappa shape index (κ1) is 49.8. The van der Waals surface area contributed by atoms with Crippen molar-refractivity contribution >= 4 is 108 Å². The molecule has 0 fully saturated rings. The topological polar surface area (TPSA) is 257 Å². The van der Waals surface area contributed by atoms with Crippen LogP contribution in [0.5, 0.6) is 34.9 Å². The Hall–Kier alpha value is -8.15. The van der Waals surface area contributed by atoms with E-state index < -0.39 is 30.4 Å². The van der Waals surface area contributed by atoms with Gasteiger partial charge in [-0.3, -0.25) is 20.3 Å². The fourth-order valence-electron chi connectivity index (χ4n) is 7.29. The summed E-state index contributed by atoms with van der Waals surface area (Å²) in [4.78, 5) is 4.02. The highest BCUT2D eigenvalue weighted by atomic mass is 35.5. The number of benzene rings is 7. The molecule has 11 rings (SSSR count). The van der Waals surface area contributed by atoms with E-state index >= 15 is 0 Å². The molecule has 11 aromatic rings. The van der Waals surface area contributed by atoms with Crippen LogP contribution in [0.15, 0.2) is 166 Å². The van der Waals surface area contributed by atoms with E-state index in [0.29, 0.717) is 66.2 Å². The maximum absolute atomic E-state index is 12.8. The third kappa shape index (κ3) is 10.6. The van der Waals surface area contributed by atoms with Crippen molar-refractivity contribution < 1.29 is 52.0 Å². The highest BCUT2D eigenvalue weighted by Gasteiger charge is 2.26. The number of para-hydroxylation sites is 1. The zero-order valence-corrected chi connectivity index (χ0v) is 42.1. The molecule has 0 aliphatic heterocycles. The molecule has 4 heterocycles. The van der Waals surface area contributed by atoms with Crippen LogP contribution >= 0.6 is 23.2 Å². The molecule has 19 nitrogen and oxygen atoms in total. The van der Waals surface area contributed by atoms with Gasteiger partial charge >= 0.3 is 30.4 Å². The van der Waals surface area contributed by atoms with Crippen molar-refractivity contribution in [3.63, 3.8) is 0 Å². The number of hydrogen-bond donors (Lipinski definition) is 3. The maximum atomic E-state index is 12.8. The number of nitrogens with zero attached hydrogens (tertiary/aromatic N) is 4. The van der Waals surface area contributed by atoms with Gasteiger partial charge in [-0.15, -0.1) is 15.3 Å². The molecule has 0 saturated heterocycles. The van der Waals surface area contributed by atoms with E-state index in [0.717, 1.165) is 5.39 Å². The Balaban J connectivity index is 0.000000135. The van der Waals surface area contributed by atoms with Crippen LogP contribution in [0.25, 0.3) is 54.4 Å². The van der Waals surface area contributed by atoms with E-state index in [-0.39, 0.29) is 42.4 Å². The number of rotatable bonds is 12. The maximum Gasteiger partial charge on any atom is 0.342 e. The predicted octanol–water partition coefficient (Wildman–Crippen LogP) is 10.0. The van der Waals surface area contributed by atoms with Crippen LogP contribution in [0.2, 0.25) is 10.0 Å². The van der Waals surface area contributed by atoms with E-state index in [2.05, 4.69) is 35.6 Å². The molecule has 0 aliphatic rings. The number of H-pyrrole nitrogens is 3. The summed E-state index contributed by atoms with van der Waals surface area (Å²) in [5, 5.41) is 23.9. The van der Waals surface area contributed by atoms with Crippen LogP contribution in [-0.4, -0.2) is 82.2 Å². The van der Waals surface area contributed by atoms with E-state index in [1.807, 2.05) is 18.2 Å². The summed E-state index contributed by atoms with van der Waals surface area (Å²) in [6.07, 6.45) is 1.54. The van der Waals surface area contributed by atoms with Crippen LogP contribution in [0, 0.1) is 0 Å². The predicted molar refractivity (Wildman–Crippen MR) is 274 cm³/mol. The third-order valence-electron chi connectivity index (χ3n) is 10.8. The first-order valence-corrected chi connectivity index (χ1v) is 26.2. The largest absolute Gasteiger partial charge is 0.497 e. The highest BCUT2D eigenvalue weighted by molar-refractivity contribution is 7.88. The summed E-state index contributed by atoms with van der Waals surface area (Å²) < 4.78 is 107. The van der Waals surface area contributed by atoms with E-state index in [9.17, 15) is 25.3 Å². The van der Waals surface area contributed by atoms with Crippen molar-refractivity contribution in [2.24, 2.45) is 0 Å². The van der Waals surface area contributed by atoms with Crippen LogP contribution in [0.3, 0.4) is 0 Å². The van der Waals surface area contributed by atoms with E-state index in [4.69, 9.17) is 50.0 Å². The Kier molecular flexibility index (Phi) is 14.0. The molecule has 372 valence electrons. The number of fused-ring (bicyclic) bond motifs is 5. The van der Waals surface area contributed by atoms with Crippen LogP contribution < -0.4 is 26.8 Å². The lowest BCUT2D eigenvalue weighted by Crippen LogP contribution is -2.11. The number of pyridine rings is 1. The summed E-state index contributed by atoms with van der Waals surface area (Å²) in [6, 6.07) is 40.1. The fraction of sp³-hybridized carbons (Fsp3) is 0.0612. The van der Waals surface area contributed by atoms with Gasteiger partial charge in [-0.1, -0.05) is 77.8 Å². The van der Waals surface area contributed by atoms with Gasteiger partial charge in [0.05, 0.1) is 64.6 Å². The van der Waals surface area contributed by atoms with Crippen LogP contribution in [-0.2, 0) is 30.4 Å². The van der Waals surface area contributed by atoms with Gasteiger partial charge in [0.15, 0.2) is 0 Å². The molecular weight excluding hydrogens is 1050 g/mol. The number of hydrogen-bond acceptors (Lipinski definition) is 16. The summed E-state index contributed by atoms with van der Waals surface area (Å²) in [7, 11) is -7.77. The average molecular weight is 1080 g/mol. The van der Waals surface area contributed by atoms with Gasteiger partial charge in [-0.05, 0) is 96.4 Å². The van der Waals surface area contributed by atoms with E-state index in [1.54, 1.807) is 97.1 Å². The van der Waals surface area contributed by atoms with Crippen molar-refractivity contribution in [1.29, 1.82) is 0 Å². The molecule has 0 aliphatic carbocycles. The van der Waals surface area contributed by atoms with Crippen molar-refractivity contribution in [3.8, 4) is 34.9 Å². The second-order valence-corrected chi connectivity index (χ2v) is 20.7. The highest BCUT2D eigenvalue weighted by Crippen LogP contribution is 2.34. The van der Waals surface area contributed by atoms with Gasteiger partial charge in [0.1, 0.15) is 31.9 Å². The molecule has 3 N–H and O–H groups in total. The SMILES string of the molecule is COc1ccc2[nH]nc(OS(=O)(=O)c3cc(Cl)ccc3Cl)c2c1.COc1ccc2[nH]nc(OS(=O)(=O)c3cccc4ccccc34)c2c1.COc1ccc2[nH]nc(OS(=O)(=O)c3cccc4cccnc34)c2c1.